The van der Waals surface area contributed by atoms with Gasteiger partial charge in [0.2, 0.25) is 0 Å². The van der Waals surface area contributed by atoms with Gasteiger partial charge in [0.05, 0.1) is 6.61 Å². The second-order valence-corrected chi connectivity index (χ2v) is 6.89. The summed E-state index contributed by atoms with van der Waals surface area (Å²) < 4.78 is 38.1. The first-order valence-corrected chi connectivity index (χ1v) is 7.84. The monoisotopic (exact) mass is 336 g/mol. The van der Waals surface area contributed by atoms with Gasteiger partial charge in [-0.25, -0.2) is 8.78 Å². The zero-order valence-corrected chi connectivity index (χ0v) is 14.2. The predicted octanol–water partition coefficient (Wildman–Crippen LogP) is 3.82. The minimum absolute atomic E-state index is 0.0572. The molecular formula is C18H22F2N2O2. The van der Waals surface area contributed by atoms with Crippen LogP contribution in [0.3, 0.4) is 0 Å². The summed E-state index contributed by atoms with van der Waals surface area (Å²) in [6, 6.07) is 3.42. The van der Waals surface area contributed by atoms with E-state index in [4.69, 9.17) is 14.7 Å². The van der Waals surface area contributed by atoms with Gasteiger partial charge >= 0.3 is 0 Å². The van der Waals surface area contributed by atoms with Crippen molar-refractivity contribution in [2.75, 3.05) is 19.7 Å². The normalized spacial score (nSPS) is 17.5. The highest BCUT2D eigenvalue weighted by molar-refractivity contribution is 5.44. The van der Waals surface area contributed by atoms with Crippen LogP contribution in [0.15, 0.2) is 24.6 Å². The number of hydrogen-bond acceptors (Lipinski definition) is 4. The van der Waals surface area contributed by atoms with Crippen molar-refractivity contribution in [1.29, 1.82) is 5.26 Å². The van der Waals surface area contributed by atoms with E-state index in [9.17, 15) is 8.78 Å². The van der Waals surface area contributed by atoms with Crippen molar-refractivity contribution in [2.45, 2.75) is 32.8 Å². The molecule has 1 heterocycles. The number of hydrogen-bond donors (Lipinski definition) is 0. The van der Waals surface area contributed by atoms with E-state index in [1.54, 1.807) is 6.07 Å². The number of likely N-dealkylation sites (tertiary alicyclic amines) is 1. The van der Waals surface area contributed by atoms with Crippen LogP contribution in [-0.4, -0.2) is 30.2 Å². The van der Waals surface area contributed by atoms with E-state index < -0.39 is 11.6 Å². The van der Waals surface area contributed by atoms with Gasteiger partial charge in [-0.2, -0.15) is 5.26 Å². The lowest BCUT2D eigenvalue weighted by molar-refractivity contribution is 0.00761. The van der Waals surface area contributed by atoms with Crippen molar-refractivity contribution in [3.63, 3.8) is 0 Å². The molecule has 6 heteroatoms. The summed E-state index contributed by atoms with van der Waals surface area (Å²) in [6.07, 6.45) is 0.853. The minimum Gasteiger partial charge on any atom is -0.492 e. The molecule has 0 bridgehead atoms. The first-order chi connectivity index (χ1) is 11.2. The van der Waals surface area contributed by atoms with E-state index >= 15 is 0 Å². The first kappa shape index (κ1) is 18.1. The predicted molar refractivity (Wildman–Crippen MR) is 86.2 cm³/mol. The van der Waals surface area contributed by atoms with Crippen molar-refractivity contribution < 1.29 is 18.3 Å². The number of rotatable bonds is 5. The molecule has 24 heavy (non-hydrogen) atoms. The third kappa shape index (κ3) is 4.60. The van der Waals surface area contributed by atoms with Gasteiger partial charge in [-0.15, -0.1) is 0 Å². The largest absolute Gasteiger partial charge is 0.492 e. The van der Waals surface area contributed by atoms with E-state index in [0.29, 0.717) is 18.5 Å². The molecule has 0 spiro atoms. The molecule has 1 unspecified atom stereocenters. The van der Waals surface area contributed by atoms with Gasteiger partial charge in [0, 0.05) is 31.1 Å². The molecule has 0 amide bonds. The fourth-order valence-corrected chi connectivity index (χ4v) is 2.59. The molecule has 1 aromatic carbocycles. The highest BCUT2D eigenvalue weighted by Crippen LogP contribution is 2.27. The van der Waals surface area contributed by atoms with Crippen LogP contribution in [-0.2, 0) is 4.74 Å². The number of benzene rings is 1. The van der Waals surface area contributed by atoms with Gasteiger partial charge in [-0.1, -0.05) is 0 Å². The number of ether oxygens (including phenoxy) is 2. The van der Waals surface area contributed by atoms with Crippen LogP contribution in [0.5, 0.6) is 5.75 Å². The highest BCUT2D eigenvalue weighted by atomic mass is 19.1. The first-order valence-electron chi connectivity index (χ1n) is 7.84. The number of nitriles is 1. The van der Waals surface area contributed by atoms with Crippen LogP contribution in [0.25, 0.3) is 0 Å². The Morgan fingerprint density at radius 2 is 2.12 bits per heavy atom. The number of nitrogens with zero attached hydrogens (tertiary/aromatic N) is 2. The standard InChI is InChI=1S/C18H22F2N2O2/c1-12(24-18(2,3)4)22-6-5-13(10-22)11-23-17-8-14(19)7-16(20)15(17)9-21/h7-8,13H,1,5-6,10-11H2,2-4H3. The summed E-state index contributed by atoms with van der Waals surface area (Å²) in [5.74, 6) is -0.949. The molecule has 0 aromatic heterocycles. The fraction of sp³-hybridized carbons (Fsp3) is 0.500. The molecule has 1 aliphatic rings. The average Bonchev–Trinajstić information content (AvgIpc) is 2.91. The summed E-state index contributed by atoms with van der Waals surface area (Å²) in [5, 5.41) is 8.98. The van der Waals surface area contributed by atoms with Crippen molar-refractivity contribution in [3.05, 3.63) is 41.8 Å². The fourth-order valence-electron chi connectivity index (χ4n) is 2.59. The molecule has 1 saturated heterocycles. The van der Waals surface area contributed by atoms with Crippen LogP contribution < -0.4 is 4.74 Å². The van der Waals surface area contributed by atoms with E-state index in [1.165, 1.54) is 0 Å². The topological polar surface area (TPSA) is 45.5 Å². The Hall–Kier alpha value is -2.29. The molecule has 1 aliphatic heterocycles. The van der Waals surface area contributed by atoms with Crippen molar-refractivity contribution in [3.8, 4) is 11.8 Å². The Balaban J connectivity index is 1.93. The molecule has 1 atom stereocenters. The van der Waals surface area contributed by atoms with Gasteiger partial charge in [0.1, 0.15) is 34.6 Å². The quantitative estimate of drug-likeness (QED) is 0.767. The van der Waals surface area contributed by atoms with Crippen molar-refractivity contribution in [1.82, 2.24) is 4.90 Å². The maximum absolute atomic E-state index is 13.6. The molecule has 0 N–H and O–H groups in total. The summed E-state index contributed by atoms with van der Waals surface area (Å²) >= 11 is 0. The third-order valence-electron chi connectivity index (χ3n) is 3.67. The van der Waals surface area contributed by atoms with Crippen molar-refractivity contribution in [2.24, 2.45) is 5.92 Å². The minimum atomic E-state index is -0.910. The second-order valence-electron chi connectivity index (χ2n) is 6.89. The van der Waals surface area contributed by atoms with E-state index in [2.05, 4.69) is 6.58 Å². The van der Waals surface area contributed by atoms with Gasteiger partial charge in [0.25, 0.3) is 0 Å². The lowest BCUT2D eigenvalue weighted by Crippen LogP contribution is -2.28. The molecule has 1 fully saturated rings. The van der Waals surface area contributed by atoms with Gasteiger partial charge < -0.3 is 14.4 Å². The van der Waals surface area contributed by atoms with E-state index in [0.717, 1.165) is 19.0 Å². The average molecular weight is 336 g/mol. The second kappa shape index (κ2) is 7.08. The Bertz CT molecular complexity index is 662. The summed E-state index contributed by atoms with van der Waals surface area (Å²) in [5.41, 5.74) is -0.585. The van der Waals surface area contributed by atoms with E-state index in [-0.39, 0.29) is 29.4 Å². The van der Waals surface area contributed by atoms with Gasteiger partial charge in [0.15, 0.2) is 5.88 Å². The van der Waals surface area contributed by atoms with Crippen LogP contribution in [0.4, 0.5) is 8.78 Å². The Morgan fingerprint density at radius 3 is 2.75 bits per heavy atom. The molecule has 0 radical (unpaired) electrons. The molecule has 2 rings (SSSR count). The van der Waals surface area contributed by atoms with Gasteiger partial charge in [-0.3, -0.25) is 0 Å². The van der Waals surface area contributed by atoms with E-state index in [1.807, 2.05) is 25.7 Å². The molecule has 130 valence electrons. The lowest BCUT2D eigenvalue weighted by Gasteiger charge is -2.28. The Morgan fingerprint density at radius 1 is 1.42 bits per heavy atom. The smallest absolute Gasteiger partial charge is 0.182 e. The molecule has 0 saturated carbocycles. The maximum Gasteiger partial charge on any atom is 0.182 e. The molecular weight excluding hydrogens is 314 g/mol. The Labute approximate surface area is 141 Å². The third-order valence-corrected chi connectivity index (χ3v) is 3.67. The maximum atomic E-state index is 13.6. The van der Waals surface area contributed by atoms with Crippen LogP contribution in [0, 0.1) is 28.9 Å². The van der Waals surface area contributed by atoms with Crippen LogP contribution in [0.1, 0.15) is 32.8 Å². The zero-order chi connectivity index (χ0) is 17.9. The van der Waals surface area contributed by atoms with Gasteiger partial charge in [-0.05, 0) is 33.8 Å². The highest BCUT2D eigenvalue weighted by Gasteiger charge is 2.27. The lowest BCUT2D eigenvalue weighted by atomic mass is 10.1. The van der Waals surface area contributed by atoms with Crippen LogP contribution >= 0.6 is 0 Å². The summed E-state index contributed by atoms with van der Waals surface area (Å²) in [4.78, 5) is 2.02. The van der Waals surface area contributed by atoms with Crippen molar-refractivity contribution >= 4 is 0 Å². The summed E-state index contributed by atoms with van der Waals surface area (Å²) in [6.45, 7) is 11.6. The SMILES string of the molecule is C=C(OC(C)(C)C)N1CCC(COc2cc(F)cc(F)c2C#N)C1. The zero-order valence-electron chi connectivity index (χ0n) is 14.2. The molecule has 4 nitrogen and oxygen atoms in total. The Kier molecular flexibility index (Phi) is 5.33. The van der Waals surface area contributed by atoms with Crippen LogP contribution in [0.2, 0.25) is 0 Å². The molecule has 1 aromatic rings. The number of halogens is 2. The summed E-state index contributed by atoms with van der Waals surface area (Å²) in [7, 11) is 0. The molecule has 0 aliphatic carbocycles.